The average Bonchev–Trinajstić information content (AvgIpc) is 2.36. The van der Waals surface area contributed by atoms with Crippen LogP contribution >= 0.6 is 0 Å². The first kappa shape index (κ1) is 18.4. The molecule has 0 unspecified atom stereocenters. The third kappa shape index (κ3) is 3.96. The summed E-state index contributed by atoms with van der Waals surface area (Å²) in [6, 6.07) is 0. The summed E-state index contributed by atoms with van der Waals surface area (Å²) in [5.41, 5.74) is -1.07. The lowest BCUT2D eigenvalue weighted by Gasteiger charge is -2.43. The summed E-state index contributed by atoms with van der Waals surface area (Å²) in [5.74, 6) is -1.02. The largest absolute Gasteiger partial charge is 0.465 e. The Morgan fingerprint density at radius 2 is 1.64 bits per heavy atom. The standard InChI is InChI=1S/C17H26O5/c1-6-21-14(19)17(8-12(3)4,15(20)22-7-2)11-16(5)9-13(18)10-16/h3,6-11H2,1-2,4-5H3. The van der Waals surface area contributed by atoms with Gasteiger partial charge >= 0.3 is 11.9 Å². The highest BCUT2D eigenvalue weighted by molar-refractivity contribution is 6.01. The second-order valence-corrected chi connectivity index (χ2v) is 6.54. The molecule has 0 spiro atoms. The maximum absolute atomic E-state index is 12.6. The number of allylic oxidation sites excluding steroid dienone is 1. The van der Waals surface area contributed by atoms with Crippen LogP contribution in [0.2, 0.25) is 0 Å². The van der Waals surface area contributed by atoms with Gasteiger partial charge in [0.15, 0.2) is 5.41 Å². The number of rotatable bonds is 8. The summed E-state index contributed by atoms with van der Waals surface area (Å²) in [6.45, 7) is 11.3. The smallest absolute Gasteiger partial charge is 0.323 e. The highest BCUT2D eigenvalue weighted by Crippen LogP contribution is 2.49. The van der Waals surface area contributed by atoms with E-state index in [0.29, 0.717) is 18.4 Å². The van der Waals surface area contributed by atoms with Gasteiger partial charge in [-0.15, -0.1) is 6.58 Å². The Morgan fingerprint density at radius 3 is 1.95 bits per heavy atom. The van der Waals surface area contributed by atoms with E-state index in [0.717, 1.165) is 0 Å². The molecule has 0 aromatic carbocycles. The molecule has 0 radical (unpaired) electrons. The Morgan fingerprint density at radius 1 is 1.18 bits per heavy atom. The van der Waals surface area contributed by atoms with Crippen LogP contribution < -0.4 is 0 Å². The summed E-state index contributed by atoms with van der Waals surface area (Å²) >= 11 is 0. The predicted octanol–water partition coefficient (Wildman–Crippen LogP) is 2.82. The van der Waals surface area contributed by atoms with Crippen molar-refractivity contribution in [2.45, 2.75) is 53.4 Å². The molecule has 1 fully saturated rings. The van der Waals surface area contributed by atoms with Crippen LogP contribution in [0, 0.1) is 10.8 Å². The van der Waals surface area contributed by atoms with E-state index in [9.17, 15) is 14.4 Å². The van der Waals surface area contributed by atoms with E-state index in [2.05, 4.69) is 6.58 Å². The molecule has 0 amide bonds. The lowest BCUT2D eigenvalue weighted by molar-refractivity contribution is -0.177. The van der Waals surface area contributed by atoms with Gasteiger partial charge in [0.1, 0.15) is 5.78 Å². The molecular weight excluding hydrogens is 284 g/mol. The average molecular weight is 310 g/mol. The van der Waals surface area contributed by atoms with Gasteiger partial charge < -0.3 is 9.47 Å². The molecule has 5 heteroatoms. The zero-order chi connectivity index (χ0) is 17.0. The van der Waals surface area contributed by atoms with Gasteiger partial charge in [0.2, 0.25) is 0 Å². The third-order valence-corrected chi connectivity index (χ3v) is 3.91. The minimum Gasteiger partial charge on any atom is -0.465 e. The Bertz CT molecular complexity index is 451. The highest BCUT2D eigenvalue weighted by Gasteiger charge is 2.55. The summed E-state index contributed by atoms with van der Waals surface area (Å²) in [7, 11) is 0. The Labute approximate surface area is 132 Å². The first-order valence-corrected chi connectivity index (χ1v) is 7.69. The van der Waals surface area contributed by atoms with Gasteiger partial charge in [0.05, 0.1) is 13.2 Å². The molecule has 0 aromatic heterocycles. The van der Waals surface area contributed by atoms with Crippen LogP contribution in [0.3, 0.4) is 0 Å². The molecule has 0 saturated heterocycles. The van der Waals surface area contributed by atoms with E-state index in [1.165, 1.54) is 0 Å². The van der Waals surface area contributed by atoms with Crippen molar-refractivity contribution in [1.82, 2.24) is 0 Å². The second kappa shape index (κ2) is 7.07. The molecule has 0 N–H and O–H groups in total. The molecular formula is C17H26O5. The van der Waals surface area contributed by atoms with Crippen LogP contribution in [-0.4, -0.2) is 30.9 Å². The van der Waals surface area contributed by atoms with Crippen molar-refractivity contribution in [1.29, 1.82) is 0 Å². The fraction of sp³-hybridized carbons (Fsp3) is 0.706. The zero-order valence-electron chi connectivity index (χ0n) is 14.0. The number of esters is 2. The lowest BCUT2D eigenvalue weighted by atomic mass is 9.59. The van der Waals surface area contributed by atoms with Crippen molar-refractivity contribution in [2.75, 3.05) is 13.2 Å². The zero-order valence-corrected chi connectivity index (χ0v) is 14.0. The summed E-state index contributed by atoms with van der Waals surface area (Å²) in [4.78, 5) is 36.5. The molecule has 1 aliphatic carbocycles. The Kier molecular flexibility index (Phi) is 5.92. The normalized spacial score (nSPS) is 16.6. The predicted molar refractivity (Wildman–Crippen MR) is 82.1 cm³/mol. The van der Waals surface area contributed by atoms with Crippen molar-refractivity contribution in [3.63, 3.8) is 0 Å². The first-order valence-electron chi connectivity index (χ1n) is 7.69. The summed E-state index contributed by atoms with van der Waals surface area (Å²) < 4.78 is 10.3. The molecule has 1 saturated carbocycles. The van der Waals surface area contributed by atoms with Crippen LogP contribution in [0.15, 0.2) is 12.2 Å². The van der Waals surface area contributed by atoms with Crippen LogP contribution in [0.1, 0.15) is 53.4 Å². The molecule has 0 aromatic rings. The third-order valence-electron chi connectivity index (χ3n) is 3.91. The molecule has 0 aliphatic heterocycles. The number of hydrogen-bond acceptors (Lipinski definition) is 5. The van der Waals surface area contributed by atoms with E-state index < -0.39 is 17.4 Å². The number of ether oxygens (including phenoxy) is 2. The highest BCUT2D eigenvalue weighted by atomic mass is 16.6. The molecule has 0 heterocycles. The van der Waals surface area contributed by atoms with Gasteiger partial charge in [-0.2, -0.15) is 0 Å². The SMILES string of the molecule is C=C(C)CC(CC1(C)CC(=O)C1)(C(=O)OCC)C(=O)OCC. The van der Waals surface area contributed by atoms with Crippen molar-refractivity contribution in [3.05, 3.63) is 12.2 Å². The number of ketones is 1. The van der Waals surface area contributed by atoms with Gasteiger partial charge in [0, 0.05) is 12.8 Å². The Balaban J connectivity index is 3.17. The van der Waals surface area contributed by atoms with Gasteiger partial charge in [-0.1, -0.05) is 12.5 Å². The second-order valence-electron chi connectivity index (χ2n) is 6.54. The van der Waals surface area contributed by atoms with Crippen molar-refractivity contribution in [2.24, 2.45) is 10.8 Å². The summed E-state index contributed by atoms with van der Waals surface area (Å²) in [6.07, 6.45) is 1.18. The first-order chi connectivity index (χ1) is 10.2. The quantitative estimate of drug-likeness (QED) is 0.392. The van der Waals surface area contributed by atoms with E-state index in [-0.39, 0.29) is 37.3 Å². The Hall–Kier alpha value is -1.65. The van der Waals surface area contributed by atoms with Crippen LogP contribution in [0.25, 0.3) is 0 Å². The van der Waals surface area contributed by atoms with Gasteiger partial charge in [-0.3, -0.25) is 14.4 Å². The lowest BCUT2D eigenvalue weighted by Crippen LogP contribution is -2.49. The molecule has 0 bridgehead atoms. The molecule has 1 aliphatic rings. The minimum atomic E-state index is -1.41. The van der Waals surface area contributed by atoms with Crippen molar-refractivity contribution < 1.29 is 23.9 Å². The van der Waals surface area contributed by atoms with Gasteiger partial charge in [-0.25, -0.2) is 0 Å². The topological polar surface area (TPSA) is 69.7 Å². The fourth-order valence-corrected chi connectivity index (χ4v) is 3.24. The van der Waals surface area contributed by atoms with E-state index in [4.69, 9.17) is 9.47 Å². The monoisotopic (exact) mass is 310 g/mol. The van der Waals surface area contributed by atoms with E-state index >= 15 is 0 Å². The molecule has 22 heavy (non-hydrogen) atoms. The van der Waals surface area contributed by atoms with E-state index in [1.807, 2.05) is 6.92 Å². The molecule has 1 rings (SSSR count). The van der Waals surface area contributed by atoms with Gasteiger partial charge in [-0.05, 0) is 39.0 Å². The van der Waals surface area contributed by atoms with E-state index in [1.54, 1.807) is 20.8 Å². The van der Waals surface area contributed by atoms with Crippen molar-refractivity contribution in [3.8, 4) is 0 Å². The maximum Gasteiger partial charge on any atom is 0.323 e. The number of carbonyl (C=O) groups excluding carboxylic acids is 3. The van der Waals surface area contributed by atoms with Crippen LogP contribution in [-0.2, 0) is 23.9 Å². The maximum atomic E-state index is 12.6. The molecule has 5 nitrogen and oxygen atoms in total. The van der Waals surface area contributed by atoms with Crippen LogP contribution in [0.5, 0.6) is 0 Å². The minimum absolute atomic E-state index is 0.152. The number of carbonyl (C=O) groups is 3. The molecule has 0 atom stereocenters. The number of hydrogen-bond donors (Lipinski definition) is 0. The van der Waals surface area contributed by atoms with Crippen LogP contribution in [0.4, 0.5) is 0 Å². The van der Waals surface area contributed by atoms with Crippen molar-refractivity contribution >= 4 is 17.7 Å². The summed E-state index contributed by atoms with van der Waals surface area (Å²) in [5, 5.41) is 0. The number of Topliss-reactive ketones (excluding diaryl/α,β-unsaturated/α-hetero) is 1. The fourth-order valence-electron chi connectivity index (χ4n) is 3.24. The van der Waals surface area contributed by atoms with Gasteiger partial charge in [0.25, 0.3) is 0 Å². The molecule has 124 valence electrons.